The predicted molar refractivity (Wildman–Crippen MR) is 73.6 cm³/mol. The molecule has 3 rings (SSSR count). The number of hydrogen-bond acceptors (Lipinski definition) is 4. The summed E-state index contributed by atoms with van der Waals surface area (Å²) in [4.78, 5) is 17.3. The van der Waals surface area contributed by atoms with Gasteiger partial charge in [0.1, 0.15) is 0 Å². The highest BCUT2D eigenvalue weighted by molar-refractivity contribution is 5.81. The number of benzene rings is 1. The van der Waals surface area contributed by atoms with Crippen LogP contribution < -0.4 is 10.2 Å². The Bertz CT molecular complexity index is 515. The summed E-state index contributed by atoms with van der Waals surface area (Å²) in [6, 6.07) is 8.40. The van der Waals surface area contributed by atoms with Gasteiger partial charge in [-0.2, -0.15) is 0 Å². The van der Waals surface area contributed by atoms with Gasteiger partial charge in [0.2, 0.25) is 0 Å². The van der Waals surface area contributed by atoms with Crippen LogP contribution in [0, 0.1) is 5.92 Å². The molecule has 1 fully saturated rings. The molecule has 1 aromatic carbocycles. The van der Waals surface area contributed by atoms with Crippen LogP contribution in [0.2, 0.25) is 0 Å². The molecule has 2 aliphatic rings. The monoisotopic (exact) mass is 259 g/mol. The van der Waals surface area contributed by atoms with Gasteiger partial charge in [0, 0.05) is 24.8 Å². The van der Waals surface area contributed by atoms with Crippen molar-refractivity contribution in [1.82, 2.24) is 5.32 Å². The van der Waals surface area contributed by atoms with Gasteiger partial charge in [0.15, 0.2) is 0 Å². The molecular weight excluding hydrogens is 242 g/mol. The second kappa shape index (κ2) is 5.01. The zero-order chi connectivity index (χ0) is 13.2. The molecule has 2 aliphatic heterocycles. The van der Waals surface area contributed by atoms with Crippen LogP contribution in [-0.2, 0) is 4.79 Å². The highest BCUT2D eigenvalue weighted by Crippen LogP contribution is 2.29. The number of nitrogens with one attached hydrogen (secondary N) is 1. The number of anilines is 1. The van der Waals surface area contributed by atoms with Gasteiger partial charge in [-0.3, -0.25) is 9.79 Å². The molecule has 2 unspecified atom stereocenters. The molecule has 1 saturated heterocycles. The van der Waals surface area contributed by atoms with E-state index in [9.17, 15) is 4.79 Å². The predicted octanol–water partition coefficient (Wildman–Crippen LogP) is 1.27. The van der Waals surface area contributed by atoms with Gasteiger partial charge < -0.3 is 15.3 Å². The molecule has 2 atom stereocenters. The van der Waals surface area contributed by atoms with Crippen molar-refractivity contribution in [1.29, 1.82) is 0 Å². The van der Waals surface area contributed by atoms with Gasteiger partial charge in [-0.15, -0.1) is 0 Å². The molecule has 0 saturated carbocycles. The average molecular weight is 259 g/mol. The highest BCUT2D eigenvalue weighted by Gasteiger charge is 2.30. The maximum Gasteiger partial charge on any atom is 0.307 e. The van der Waals surface area contributed by atoms with Gasteiger partial charge in [0.05, 0.1) is 18.8 Å². The summed E-state index contributed by atoms with van der Waals surface area (Å²) in [5.41, 5.74) is 2.28. The van der Waals surface area contributed by atoms with Crippen LogP contribution in [0.5, 0.6) is 0 Å². The Morgan fingerprint density at radius 3 is 3.05 bits per heavy atom. The Kier molecular flexibility index (Phi) is 3.21. The van der Waals surface area contributed by atoms with E-state index in [2.05, 4.69) is 33.4 Å². The molecule has 0 bridgehead atoms. The Balaban J connectivity index is 1.76. The lowest BCUT2D eigenvalue weighted by Crippen LogP contribution is -2.19. The van der Waals surface area contributed by atoms with Crippen LogP contribution in [0.1, 0.15) is 18.0 Å². The van der Waals surface area contributed by atoms with Crippen LogP contribution in [-0.4, -0.2) is 37.0 Å². The number of hydrogen-bond donors (Lipinski definition) is 2. The van der Waals surface area contributed by atoms with Crippen LogP contribution in [0.4, 0.5) is 5.69 Å². The molecule has 0 spiro atoms. The number of carboxylic acids is 1. The van der Waals surface area contributed by atoms with Crippen molar-refractivity contribution in [3.05, 3.63) is 29.8 Å². The Morgan fingerprint density at radius 2 is 2.37 bits per heavy atom. The Labute approximate surface area is 112 Å². The first-order chi connectivity index (χ1) is 9.24. The lowest BCUT2D eigenvalue weighted by atomic mass is 9.99. The zero-order valence-corrected chi connectivity index (χ0v) is 10.6. The summed E-state index contributed by atoms with van der Waals surface area (Å²) < 4.78 is 0. The molecule has 100 valence electrons. The van der Waals surface area contributed by atoms with Gasteiger partial charge >= 0.3 is 5.97 Å². The van der Waals surface area contributed by atoms with E-state index >= 15 is 0 Å². The molecule has 5 heteroatoms. The Hall–Kier alpha value is -1.88. The minimum atomic E-state index is -0.710. The van der Waals surface area contributed by atoms with Gasteiger partial charge in [-0.25, -0.2) is 0 Å². The minimum absolute atomic E-state index is 0.139. The van der Waals surface area contributed by atoms with E-state index in [-0.39, 0.29) is 12.0 Å². The fourth-order valence-electron chi connectivity index (χ4n) is 2.67. The largest absolute Gasteiger partial charge is 0.481 e. The van der Waals surface area contributed by atoms with E-state index in [0.29, 0.717) is 13.0 Å². The normalized spacial score (nSPS) is 26.0. The third-order valence-corrected chi connectivity index (χ3v) is 3.78. The van der Waals surface area contributed by atoms with E-state index in [1.165, 1.54) is 0 Å². The first kappa shape index (κ1) is 12.2. The van der Waals surface area contributed by atoms with E-state index in [4.69, 9.17) is 5.11 Å². The summed E-state index contributed by atoms with van der Waals surface area (Å²) in [5, 5.41) is 12.3. The lowest BCUT2D eigenvalue weighted by Gasteiger charge is -2.17. The molecule has 5 nitrogen and oxygen atoms in total. The maximum atomic E-state index is 11.0. The molecule has 19 heavy (non-hydrogen) atoms. The maximum absolute atomic E-state index is 11.0. The summed E-state index contributed by atoms with van der Waals surface area (Å²) in [5.74, 6) is -0.986. The highest BCUT2D eigenvalue weighted by atomic mass is 16.4. The molecule has 0 amide bonds. The number of rotatable bonds is 3. The van der Waals surface area contributed by atoms with Crippen LogP contribution >= 0.6 is 0 Å². The molecule has 0 aliphatic carbocycles. The van der Waals surface area contributed by atoms with Gasteiger partial charge in [-0.05, 0) is 24.1 Å². The van der Waals surface area contributed by atoms with E-state index < -0.39 is 5.97 Å². The van der Waals surface area contributed by atoms with Crippen molar-refractivity contribution in [3.8, 4) is 0 Å². The molecule has 0 aromatic heterocycles. The second-order valence-corrected chi connectivity index (χ2v) is 5.04. The summed E-state index contributed by atoms with van der Waals surface area (Å²) in [7, 11) is 0. The van der Waals surface area contributed by atoms with Crippen LogP contribution in [0.3, 0.4) is 0 Å². The molecule has 0 radical (unpaired) electrons. The SMILES string of the molecule is O=C(O)C1CNC(c2cccc(N3C=NCC3)c2)C1. The second-order valence-electron chi connectivity index (χ2n) is 5.04. The topological polar surface area (TPSA) is 64.9 Å². The third kappa shape index (κ3) is 2.46. The number of aliphatic carboxylic acids is 1. The summed E-state index contributed by atoms with van der Waals surface area (Å²) >= 11 is 0. The fourth-order valence-corrected chi connectivity index (χ4v) is 2.67. The number of nitrogens with zero attached hydrogens (tertiary/aromatic N) is 2. The number of aliphatic imine (C=N–C) groups is 1. The van der Waals surface area contributed by atoms with E-state index in [0.717, 1.165) is 24.3 Å². The van der Waals surface area contributed by atoms with Crippen LogP contribution in [0.25, 0.3) is 0 Å². The molecule has 2 N–H and O–H groups in total. The van der Waals surface area contributed by atoms with Crippen molar-refractivity contribution in [2.45, 2.75) is 12.5 Å². The number of carbonyl (C=O) groups is 1. The van der Waals surface area contributed by atoms with Gasteiger partial charge in [-0.1, -0.05) is 12.1 Å². The van der Waals surface area contributed by atoms with Crippen LogP contribution in [0.15, 0.2) is 29.3 Å². The van der Waals surface area contributed by atoms with Crippen molar-refractivity contribution >= 4 is 18.0 Å². The van der Waals surface area contributed by atoms with Crippen molar-refractivity contribution < 1.29 is 9.90 Å². The smallest absolute Gasteiger partial charge is 0.307 e. The first-order valence-electron chi connectivity index (χ1n) is 6.57. The average Bonchev–Trinajstić information content (AvgIpc) is 3.10. The Morgan fingerprint density at radius 1 is 1.47 bits per heavy atom. The van der Waals surface area contributed by atoms with E-state index in [1.54, 1.807) is 0 Å². The first-order valence-corrected chi connectivity index (χ1v) is 6.57. The molecule has 1 aromatic rings. The lowest BCUT2D eigenvalue weighted by molar-refractivity contribution is -0.141. The number of carboxylic acid groups (broad SMARTS) is 1. The van der Waals surface area contributed by atoms with Crippen molar-refractivity contribution in [3.63, 3.8) is 0 Å². The van der Waals surface area contributed by atoms with Gasteiger partial charge in [0.25, 0.3) is 0 Å². The van der Waals surface area contributed by atoms with E-state index in [1.807, 2.05) is 12.4 Å². The standard InChI is InChI=1S/C14H17N3O2/c18-14(19)11-7-13(16-8-11)10-2-1-3-12(6-10)17-5-4-15-9-17/h1-3,6,9,11,13,16H,4-5,7-8H2,(H,18,19). The summed E-state index contributed by atoms with van der Waals surface area (Å²) in [6.45, 7) is 2.31. The van der Waals surface area contributed by atoms with Crippen molar-refractivity contribution in [2.75, 3.05) is 24.5 Å². The fraction of sp³-hybridized carbons (Fsp3) is 0.429. The third-order valence-electron chi connectivity index (χ3n) is 3.78. The summed E-state index contributed by atoms with van der Waals surface area (Å²) in [6.07, 6.45) is 2.52. The van der Waals surface area contributed by atoms with Crippen molar-refractivity contribution in [2.24, 2.45) is 10.9 Å². The molecule has 2 heterocycles. The minimum Gasteiger partial charge on any atom is -0.481 e. The molecular formula is C14H17N3O2. The zero-order valence-electron chi connectivity index (χ0n) is 10.6. The quantitative estimate of drug-likeness (QED) is 0.858.